The number of para-hydroxylation sites is 1. The largest absolute Gasteiger partial charge is 0.378 e. The van der Waals surface area contributed by atoms with Crippen LogP contribution in [0.5, 0.6) is 0 Å². The molecule has 0 bridgehead atoms. The molecule has 1 aromatic carbocycles. The molecule has 1 aromatic heterocycles. The second-order valence-electron chi connectivity index (χ2n) is 5.34. The van der Waals surface area contributed by atoms with Crippen LogP contribution in [0.25, 0.3) is 10.9 Å². The number of pyridine rings is 1. The molecule has 1 fully saturated rings. The Morgan fingerprint density at radius 3 is 3.05 bits per heavy atom. The molecule has 0 saturated carbocycles. The van der Waals surface area contributed by atoms with Gasteiger partial charge in [-0.25, -0.2) is 4.98 Å². The van der Waals surface area contributed by atoms with E-state index in [1.54, 1.807) is 6.07 Å². The summed E-state index contributed by atoms with van der Waals surface area (Å²) in [6.07, 6.45) is 1.17. The van der Waals surface area contributed by atoms with Gasteiger partial charge in [-0.05, 0) is 25.5 Å². The smallest absolute Gasteiger partial charge is 0.269 e. The van der Waals surface area contributed by atoms with Crippen molar-refractivity contribution in [2.45, 2.75) is 19.4 Å². The highest BCUT2D eigenvalue weighted by Gasteiger charge is 2.24. The zero-order valence-corrected chi connectivity index (χ0v) is 12.6. The minimum atomic E-state index is -0.193. The Bertz CT molecular complexity index is 674. The molecule has 21 heavy (non-hydrogen) atoms. The van der Waals surface area contributed by atoms with E-state index in [9.17, 15) is 4.79 Å². The van der Waals surface area contributed by atoms with E-state index in [2.05, 4.69) is 10.3 Å². The average Bonchev–Trinajstić information content (AvgIpc) is 2.90. The SMILES string of the molecule is CC1OCCC1CNC(=O)c1cc(Cl)c2ccccc2n1. The minimum absolute atomic E-state index is 0.193. The van der Waals surface area contributed by atoms with Crippen LogP contribution in [-0.4, -0.2) is 30.1 Å². The standard InChI is InChI=1S/C16H17ClN2O2/c1-10-11(6-7-21-10)9-18-16(20)15-8-13(17)12-4-2-3-5-14(12)19-15/h2-5,8,10-11H,6-7,9H2,1H3,(H,18,20). The van der Waals surface area contributed by atoms with Crippen LogP contribution in [0.4, 0.5) is 0 Å². The van der Waals surface area contributed by atoms with Gasteiger partial charge in [0.15, 0.2) is 0 Å². The Balaban J connectivity index is 1.75. The Morgan fingerprint density at radius 2 is 2.29 bits per heavy atom. The van der Waals surface area contributed by atoms with E-state index in [1.807, 2.05) is 31.2 Å². The zero-order chi connectivity index (χ0) is 14.8. The van der Waals surface area contributed by atoms with Gasteiger partial charge < -0.3 is 10.1 Å². The summed E-state index contributed by atoms with van der Waals surface area (Å²) < 4.78 is 5.49. The van der Waals surface area contributed by atoms with E-state index in [0.29, 0.717) is 23.2 Å². The summed E-state index contributed by atoms with van der Waals surface area (Å²) in [6, 6.07) is 9.14. The Labute approximate surface area is 128 Å². The molecular weight excluding hydrogens is 288 g/mol. The predicted octanol–water partition coefficient (Wildman–Crippen LogP) is 3.04. The van der Waals surface area contributed by atoms with E-state index in [4.69, 9.17) is 16.3 Å². The Morgan fingerprint density at radius 1 is 1.48 bits per heavy atom. The fourth-order valence-electron chi connectivity index (χ4n) is 2.61. The summed E-state index contributed by atoms with van der Waals surface area (Å²) in [6.45, 7) is 3.41. The van der Waals surface area contributed by atoms with Gasteiger partial charge in [0.05, 0.1) is 16.6 Å². The fourth-order valence-corrected chi connectivity index (χ4v) is 2.87. The van der Waals surface area contributed by atoms with Gasteiger partial charge in [-0.15, -0.1) is 0 Å². The van der Waals surface area contributed by atoms with E-state index in [-0.39, 0.29) is 12.0 Å². The summed E-state index contributed by atoms with van der Waals surface area (Å²) >= 11 is 6.22. The van der Waals surface area contributed by atoms with Crippen molar-refractivity contribution in [2.75, 3.05) is 13.2 Å². The Hall–Kier alpha value is -1.65. The number of carbonyl (C=O) groups excluding carboxylic acids is 1. The van der Waals surface area contributed by atoms with Gasteiger partial charge >= 0.3 is 0 Å². The first-order valence-electron chi connectivity index (χ1n) is 7.10. The second kappa shape index (κ2) is 6.00. The molecule has 1 aliphatic heterocycles. The van der Waals surface area contributed by atoms with Crippen LogP contribution in [0.2, 0.25) is 5.02 Å². The molecular formula is C16H17ClN2O2. The molecule has 110 valence electrons. The summed E-state index contributed by atoms with van der Waals surface area (Å²) in [5.74, 6) is 0.173. The molecule has 4 nitrogen and oxygen atoms in total. The lowest BCUT2D eigenvalue weighted by Crippen LogP contribution is -2.32. The molecule has 0 spiro atoms. The lowest BCUT2D eigenvalue weighted by molar-refractivity contribution is 0.0903. The molecule has 2 aromatic rings. The minimum Gasteiger partial charge on any atom is -0.378 e. The van der Waals surface area contributed by atoms with Crippen LogP contribution in [0, 0.1) is 5.92 Å². The van der Waals surface area contributed by atoms with Crippen molar-refractivity contribution in [2.24, 2.45) is 5.92 Å². The molecule has 1 N–H and O–H groups in total. The van der Waals surface area contributed by atoms with Crippen LogP contribution in [-0.2, 0) is 4.74 Å². The highest BCUT2D eigenvalue weighted by molar-refractivity contribution is 6.35. The lowest BCUT2D eigenvalue weighted by atomic mass is 10.0. The third-order valence-corrected chi connectivity index (χ3v) is 4.27. The van der Waals surface area contributed by atoms with Gasteiger partial charge in [-0.3, -0.25) is 4.79 Å². The van der Waals surface area contributed by atoms with Gasteiger partial charge in [0.1, 0.15) is 5.69 Å². The van der Waals surface area contributed by atoms with Crippen molar-refractivity contribution in [1.82, 2.24) is 10.3 Å². The number of amides is 1. The second-order valence-corrected chi connectivity index (χ2v) is 5.75. The maximum Gasteiger partial charge on any atom is 0.269 e. The molecule has 2 unspecified atom stereocenters. The topological polar surface area (TPSA) is 51.2 Å². The number of halogens is 1. The van der Waals surface area contributed by atoms with Crippen molar-refractivity contribution in [3.63, 3.8) is 0 Å². The van der Waals surface area contributed by atoms with Crippen LogP contribution >= 0.6 is 11.6 Å². The fraction of sp³-hybridized carbons (Fsp3) is 0.375. The lowest BCUT2D eigenvalue weighted by Gasteiger charge is -2.14. The molecule has 2 atom stereocenters. The van der Waals surface area contributed by atoms with E-state index < -0.39 is 0 Å². The predicted molar refractivity (Wildman–Crippen MR) is 82.6 cm³/mol. The van der Waals surface area contributed by atoms with Gasteiger partial charge in [0.2, 0.25) is 0 Å². The normalized spacial score (nSPS) is 21.6. The van der Waals surface area contributed by atoms with E-state index >= 15 is 0 Å². The van der Waals surface area contributed by atoms with E-state index in [1.165, 1.54) is 0 Å². The molecule has 0 aliphatic carbocycles. The van der Waals surface area contributed by atoms with Gasteiger partial charge in [-0.1, -0.05) is 29.8 Å². The molecule has 2 heterocycles. The molecule has 0 radical (unpaired) electrons. The number of rotatable bonds is 3. The maximum absolute atomic E-state index is 12.2. The van der Waals surface area contributed by atoms with Crippen molar-refractivity contribution < 1.29 is 9.53 Å². The van der Waals surface area contributed by atoms with Crippen molar-refractivity contribution in [3.8, 4) is 0 Å². The molecule has 1 aliphatic rings. The molecule has 1 amide bonds. The number of ether oxygens (including phenoxy) is 1. The summed E-state index contributed by atoms with van der Waals surface area (Å²) in [7, 11) is 0. The van der Waals surface area contributed by atoms with Gasteiger partial charge in [0, 0.05) is 24.5 Å². The average molecular weight is 305 g/mol. The quantitative estimate of drug-likeness (QED) is 0.948. The molecule has 1 saturated heterocycles. The number of fused-ring (bicyclic) bond motifs is 1. The molecule has 5 heteroatoms. The van der Waals surface area contributed by atoms with Crippen LogP contribution in [0.3, 0.4) is 0 Å². The summed E-state index contributed by atoms with van der Waals surface area (Å²) in [5, 5.41) is 4.32. The highest BCUT2D eigenvalue weighted by atomic mass is 35.5. The first-order valence-corrected chi connectivity index (χ1v) is 7.48. The first-order chi connectivity index (χ1) is 10.1. The van der Waals surface area contributed by atoms with E-state index in [0.717, 1.165) is 23.9 Å². The number of nitrogens with one attached hydrogen (secondary N) is 1. The van der Waals surface area contributed by atoms with Crippen molar-refractivity contribution >= 4 is 28.4 Å². The van der Waals surface area contributed by atoms with Crippen molar-refractivity contribution in [3.05, 3.63) is 41.0 Å². The zero-order valence-electron chi connectivity index (χ0n) is 11.8. The maximum atomic E-state index is 12.2. The third kappa shape index (κ3) is 3.01. The number of hydrogen-bond donors (Lipinski definition) is 1. The van der Waals surface area contributed by atoms with Crippen LogP contribution < -0.4 is 5.32 Å². The summed E-state index contributed by atoms with van der Waals surface area (Å²) in [5.41, 5.74) is 1.08. The first kappa shape index (κ1) is 14.3. The summed E-state index contributed by atoms with van der Waals surface area (Å²) in [4.78, 5) is 16.6. The number of nitrogens with zero attached hydrogens (tertiary/aromatic N) is 1. The van der Waals surface area contributed by atoms with Crippen LogP contribution in [0.1, 0.15) is 23.8 Å². The van der Waals surface area contributed by atoms with Crippen molar-refractivity contribution in [1.29, 1.82) is 0 Å². The highest BCUT2D eigenvalue weighted by Crippen LogP contribution is 2.23. The number of carbonyl (C=O) groups is 1. The number of hydrogen-bond acceptors (Lipinski definition) is 3. The van der Waals surface area contributed by atoms with Gasteiger partial charge in [0.25, 0.3) is 5.91 Å². The monoisotopic (exact) mass is 304 g/mol. The molecule has 3 rings (SSSR count). The Kier molecular flexibility index (Phi) is 4.08. The number of aromatic nitrogens is 1. The van der Waals surface area contributed by atoms with Gasteiger partial charge in [-0.2, -0.15) is 0 Å². The van der Waals surface area contributed by atoms with Crippen LogP contribution in [0.15, 0.2) is 30.3 Å². The number of benzene rings is 1. The third-order valence-electron chi connectivity index (χ3n) is 3.96.